The van der Waals surface area contributed by atoms with Gasteiger partial charge in [0.15, 0.2) is 0 Å². The van der Waals surface area contributed by atoms with Gasteiger partial charge in [0.05, 0.1) is 12.2 Å². The number of ether oxygens (including phenoxy) is 1. The van der Waals surface area contributed by atoms with Crippen LogP contribution in [0.2, 0.25) is 0 Å². The van der Waals surface area contributed by atoms with E-state index in [4.69, 9.17) is 9.84 Å². The number of hydrogen-bond donors (Lipinski definition) is 1. The summed E-state index contributed by atoms with van der Waals surface area (Å²) in [4.78, 5) is 0. The maximum atomic E-state index is 8.95. The summed E-state index contributed by atoms with van der Waals surface area (Å²) in [7, 11) is 0. The Balaban J connectivity index is 3.10. The molecule has 0 aromatic rings. The Kier molecular flexibility index (Phi) is 6.57. The summed E-state index contributed by atoms with van der Waals surface area (Å²) >= 11 is 0. The molecular weight excluding hydrogens is 140 g/mol. The highest BCUT2D eigenvalue weighted by Crippen LogP contribution is 2.05. The van der Waals surface area contributed by atoms with E-state index in [-0.39, 0.29) is 6.10 Å². The highest BCUT2D eigenvalue weighted by atomic mass is 16.5. The van der Waals surface area contributed by atoms with Gasteiger partial charge >= 0.3 is 0 Å². The highest BCUT2D eigenvalue weighted by molar-refractivity contribution is 4.53. The van der Waals surface area contributed by atoms with Crippen LogP contribution in [0.4, 0.5) is 0 Å². The first kappa shape index (κ1) is 10.9. The van der Waals surface area contributed by atoms with Crippen molar-refractivity contribution in [3.63, 3.8) is 0 Å². The first-order chi connectivity index (χ1) is 5.16. The van der Waals surface area contributed by atoms with E-state index < -0.39 is 0 Å². The quantitative estimate of drug-likeness (QED) is 0.643. The zero-order valence-corrected chi connectivity index (χ0v) is 7.84. The van der Waals surface area contributed by atoms with E-state index in [9.17, 15) is 0 Å². The predicted molar refractivity (Wildman–Crippen MR) is 46.6 cm³/mol. The molecule has 0 saturated heterocycles. The van der Waals surface area contributed by atoms with Gasteiger partial charge in [-0.05, 0) is 40.0 Å². The fraction of sp³-hybridized carbons (Fsp3) is 1.00. The van der Waals surface area contributed by atoms with Crippen LogP contribution >= 0.6 is 0 Å². The van der Waals surface area contributed by atoms with E-state index in [1.807, 2.05) is 13.8 Å². The van der Waals surface area contributed by atoms with Gasteiger partial charge in [-0.25, -0.2) is 0 Å². The van der Waals surface area contributed by atoms with Crippen molar-refractivity contribution >= 4 is 0 Å². The molecule has 0 bridgehead atoms. The lowest BCUT2D eigenvalue weighted by Crippen LogP contribution is -2.09. The van der Waals surface area contributed by atoms with Crippen molar-refractivity contribution in [3.8, 4) is 0 Å². The average molecular weight is 160 g/mol. The normalized spacial score (nSPS) is 16.4. The van der Waals surface area contributed by atoms with Gasteiger partial charge in [0.2, 0.25) is 0 Å². The highest BCUT2D eigenvalue weighted by Gasteiger charge is 2.01. The lowest BCUT2D eigenvalue weighted by molar-refractivity contribution is 0.0651. The molecule has 11 heavy (non-hydrogen) atoms. The maximum absolute atomic E-state index is 8.95. The minimum Gasteiger partial charge on any atom is -0.393 e. The molecular formula is C9H20O2. The van der Waals surface area contributed by atoms with Crippen LogP contribution in [0.1, 0.15) is 40.0 Å². The van der Waals surface area contributed by atoms with Crippen molar-refractivity contribution in [2.24, 2.45) is 0 Å². The van der Waals surface area contributed by atoms with Crippen LogP contribution in [-0.4, -0.2) is 23.9 Å². The van der Waals surface area contributed by atoms with Crippen molar-refractivity contribution in [1.82, 2.24) is 0 Å². The van der Waals surface area contributed by atoms with E-state index in [0.29, 0.717) is 6.10 Å². The number of hydrogen-bond acceptors (Lipinski definition) is 2. The van der Waals surface area contributed by atoms with Gasteiger partial charge in [0, 0.05) is 6.61 Å². The van der Waals surface area contributed by atoms with Crippen LogP contribution in [0.15, 0.2) is 0 Å². The lowest BCUT2D eigenvalue weighted by atomic mass is 10.1. The molecule has 0 rings (SSSR count). The Labute approximate surface area is 69.6 Å². The molecule has 2 unspecified atom stereocenters. The Morgan fingerprint density at radius 3 is 2.36 bits per heavy atom. The number of rotatable bonds is 6. The summed E-state index contributed by atoms with van der Waals surface area (Å²) in [5.74, 6) is 0. The minimum atomic E-state index is -0.163. The zero-order chi connectivity index (χ0) is 8.69. The molecule has 0 fully saturated rings. The van der Waals surface area contributed by atoms with Crippen molar-refractivity contribution in [1.29, 1.82) is 0 Å². The molecule has 0 radical (unpaired) electrons. The molecule has 2 nitrogen and oxygen atoms in total. The minimum absolute atomic E-state index is 0.163. The second kappa shape index (κ2) is 6.62. The molecule has 0 aliphatic carbocycles. The average Bonchev–Trinajstić information content (AvgIpc) is 1.87. The summed E-state index contributed by atoms with van der Waals surface area (Å²) < 4.78 is 5.34. The fourth-order valence-electron chi connectivity index (χ4n) is 1.07. The molecule has 0 aliphatic heterocycles. The third-order valence-electron chi connectivity index (χ3n) is 1.68. The van der Waals surface area contributed by atoms with Gasteiger partial charge in [0.25, 0.3) is 0 Å². The third-order valence-corrected chi connectivity index (χ3v) is 1.68. The van der Waals surface area contributed by atoms with Crippen LogP contribution in [0.25, 0.3) is 0 Å². The van der Waals surface area contributed by atoms with Gasteiger partial charge in [-0.2, -0.15) is 0 Å². The molecule has 0 amide bonds. The standard InChI is InChI=1S/C9H20O2/c1-4-11-9(3)7-5-6-8(2)10/h8-10H,4-7H2,1-3H3. The molecule has 68 valence electrons. The predicted octanol–water partition coefficient (Wildman–Crippen LogP) is 1.96. The van der Waals surface area contributed by atoms with Gasteiger partial charge < -0.3 is 9.84 Å². The van der Waals surface area contributed by atoms with Crippen LogP contribution < -0.4 is 0 Å². The molecule has 0 saturated carbocycles. The van der Waals surface area contributed by atoms with E-state index >= 15 is 0 Å². The molecule has 0 heterocycles. The van der Waals surface area contributed by atoms with Crippen molar-refractivity contribution in [3.05, 3.63) is 0 Å². The first-order valence-electron chi connectivity index (χ1n) is 4.46. The SMILES string of the molecule is CCOC(C)CCCC(C)O. The van der Waals surface area contributed by atoms with Gasteiger partial charge in [-0.15, -0.1) is 0 Å². The van der Waals surface area contributed by atoms with Gasteiger partial charge in [-0.1, -0.05) is 0 Å². The Morgan fingerprint density at radius 1 is 1.27 bits per heavy atom. The molecule has 0 spiro atoms. The summed E-state index contributed by atoms with van der Waals surface area (Å²) in [6.07, 6.45) is 3.18. The molecule has 0 aliphatic rings. The third kappa shape index (κ3) is 7.82. The van der Waals surface area contributed by atoms with E-state index in [0.717, 1.165) is 25.9 Å². The summed E-state index contributed by atoms with van der Waals surface area (Å²) in [5, 5.41) is 8.95. The Hall–Kier alpha value is -0.0800. The van der Waals surface area contributed by atoms with Crippen LogP contribution in [0.3, 0.4) is 0 Å². The summed E-state index contributed by atoms with van der Waals surface area (Å²) in [6.45, 7) is 6.69. The Morgan fingerprint density at radius 2 is 1.91 bits per heavy atom. The smallest absolute Gasteiger partial charge is 0.0546 e. The molecule has 0 aromatic heterocycles. The van der Waals surface area contributed by atoms with Crippen LogP contribution in [0, 0.1) is 0 Å². The second-order valence-corrected chi connectivity index (χ2v) is 3.05. The van der Waals surface area contributed by atoms with Crippen LogP contribution in [0.5, 0.6) is 0 Å². The monoisotopic (exact) mass is 160 g/mol. The van der Waals surface area contributed by atoms with Gasteiger partial charge in [0.1, 0.15) is 0 Å². The lowest BCUT2D eigenvalue weighted by Gasteiger charge is -2.11. The largest absolute Gasteiger partial charge is 0.393 e. The van der Waals surface area contributed by atoms with Crippen molar-refractivity contribution in [2.45, 2.75) is 52.2 Å². The molecule has 1 N–H and O–H groups in total. The fourth-order valence-corrected chi connectivity index (χ4v) is 1.07. The Bertz CT molecular complexity index is 81.6. The molecule has 2 atom stereocenters. The van der Waals surface area contributed by atoms with E-state index in [1.54, 1.807) is 0 Å². The first-order valence-corrected chi connectivity index (χ1v) is 4.46. The summed E-state index contributed by atoms with van der Waals surface area (Å²) in [5.41, 5.74) is 0. The molecule has 0 aromatic carbocycles. The number of aliphatic hydroxyl groups excluding tert-OH is 1. The zero-order valence-electron chi connectivity index (χ0n) is 7.84. The van der Waals surface area contributed by atoms with E-state index in [2.05, 4.69) is 6.92 Å². The van der Waals surface area contributed by atoms with Gasteiger partial charge in [-0.3, -0.25) is 0 Å². The van der Waals surface area contributed by atoms with Crippen molar-refractivity contribution in [2.75, 3.05) is 6.61 Å². The topological polar surface area (TPSA) is 29.5 Å². The number of aliphatic hydroxyl groups is 1. The van der Waals surface area contributed by atoms with Crippen molar-refractivity contribution < 1.29 is 9.84 Å². The second-order valence-electron chi connectivity index (χ2n) is 3.05. The summed E-state index contributed by atoms with van der Waals surface area (Å²) in [6, 6.07) is 0. The maximum Gasteiger partial charge on any atom is 0.0546 e. The van der Waals surface area contributed by atoms with E-state index in [1.165, 1.54) is 0 Å². The molecule has 2 heteroatoms. The van der Waals surface area contributed by atoms with Crippen LogP contribution in [-0.2, 0) is 4.74 Å².